The van der Waals surface area contributed by atoms with E-state index in [-0.39, 0.29) is 11.9 Å². The zero-order valence-electron chi connectivity index (χ0n) is 12.3. The number of hydrogen-bond acceptors (Lipinski definition) is 4. The molecule has 0 saturated carbocycles. The molecule has 2 aromatic carbocycles. The molecule has 3 aromatic rings. The van der Waals surface area contributed by atoms with Gasteiger partial charge in [-0.05, 0) is 16.3 Å². The van der Waals surface area contributed by atoms with E-state index in [9.17, 15) is 4.79 Å². The lowest BCUT2D eigenvalue weighted by atomic mass is 9.90. The van der Waals surface area contributed by atoms with Crippen molar-refractivity contribution in [2.45, 2.75) is 5.92 Å². The normalized spacial score (nSPS) is 10.5. The van der Waals surface area contributed by atoms with Gasteiger partial charge in [-0.3, -0.25) is 10.1 Å². The van der Waals surface area contributed by atoms with E-state index in [0.717, 1.165) is 11.1 Å². The summed E-state index contributed by atoms with van der Waals surface area (Å²) in [6.07, 6.45) is 1.40. The van der Waals surface area contributed by atoms with Crippen LogP contribution < -0.4 is 5.32 Å². The Morgan fingerprint density at radius 3 is 2.09 bits per heavy atom. The van der Waals surface area contributed by atoms with E-state index in [0.29, 0.717) is 0 Å². The van der Waals surface area contributed by atoms with E-state index in [1.54, 1.807) is 0 Å². The molecule has 1 aromatic heterocycles. The predicted molar refractivity (Wildman–Crippen MR) is 87.6 cm³/mol. The first-order valence-corrected chi connectivity index (χ1v) is 7.11. The SMILES string of the molecule is C=Cn1nnc(NC(=O)C(c2ccccc2)c2ccccc2)n1. The summed E-state index contributed by atoms with van der Waals surface area (Å²) < 4.78 is 0. The van der Waals surface area contributed by atoms with E-state index >= 15 is 0 Å². The fourth-order valence-electron chi connectivity index (χ4n) is 2.32. The minimum Gasteiger partial charge on any atom is -0.291 e. The summed E-state index contributed by atoms with van der Waals surface area (Å²) in [5.41, 5.74) is 1.79. The summed E-state index contributed by atoms with van der Waals surface area (Å²) in [5.74, 6) is -0.522. The summed E-state index contributed by atoms with van der Waals surface area (Å²) in [4.78, 5) is 13.9. The molecule has 6 nitrogen and oxygen atoms in total. The van der Waals surface area contributed by atoms with Crippen LogP contribution in [0.1, 0.15) is 17.0 Å². The predicted octanol–water partition coefficient (Wildman–Crippen LogP) is 2.54. The Balaban J connectivity index is 1.91. The zero-order chi connectivity index (χ0) is 16.1. The number of anilines is 1. The molecule has 0 bridgehead atoms. The summed E-state index contributed by atoms with van der Waals surface area (Å²) in [5, 5.41) is 14.2. The number of tetrazole rings is 1. The average molecular weight is 305 g/mol. The maximum Gasteiger partial charge on any atom is 0.270 e. The largest absolute Gasteiger partial charge is 0.291 e. The van der Waals surface area contributed by atoms with Crippen LogP contribution in [0.3, 0.4) is 0 Å². The fourth-order valence-corrected chi connectivity index (χ4v) is 2.32. The molecule has 114 valence electrons. The van der Waals surface area contributed by atoms with Crippen LogP contribution >= 0.6 is 0 Å². The van der Waals surface area contributed by atoms with E-state index < -0.39 is 5.92 Å². The number of benzene rings is 2. The first kappa shape index (κ1) is 14.6. The third-order valence-corrected chi connectivity index (χ3v) is 3.35. The van der Waals surface area contributed by atoms with Gasteiger partial charge in [0.2, 0.25) is 5.91 Å². The van der Waals surface area contributed by atoms with Gasteiger partial charge < -0.3 is 0 Å². The Morgan fingerprint density at radius 1 is 1.04 bits per heavy atom. The third-order valence-electron chi connectivity index (χ3n) is 3.35. The highest BCUT2D eigenvalue weighted by Gasteiger charge is 2.23. The minimum absolute atomic E-state index is 0.145. The number of carbonyl (C=O) groups is 1. The monoisotopic (exact) mass is 305 g/mol. The number of hydrogen-bond donors (Lipinski definition) is 1. The number of carbonyl (C=O) groups excluding carboxylic acids is 1. The molecule has 0 aliphatic heterocycles. The molecule has 0 aliphatic carbocycles. The van der Waals surface area contributed by atoms with Crippen LogP contribution in [0.4, 0.5) is 5.95 Å². The second kappa shape index (κ2) is 6.65. The number of rotatable bonds is 5. The lowest BCUT2D eigenvalue weighted by molar-refractivity contribution is -0.116. The zero-order valence-corrected chi connectivity index (χ0v) is 12.3. The molecular weight excluding hydrogens is 290 g/mol. The van der Waals surface area contributed by atoms with Crippen molar-refractivity contribution in [2.75, 3.05) is 5.32 Å². The van der Waals surface area contributed by atoms with Gasteiger partial charge in [-0.2, -0.15) is 0 Å². The molecule has 0 saturated heterocycles. The van der Waals surface area contributed by atoms with Crippen LogP contribution in [0.2, 0.25) is 0 Å². The Labute approximate surface area is 133 Å². The van der Waals surface area contributed by atoms with E-state index in [2.05, 4.69) is 27.3 Å². The van der Waals surface area contributed by atoms with Gasteiger partial charge in [0.25, 0.3) is 5.95 Å². The van der Waals surface area contributed by atoms with E-state index in [1.165, 1.54) is 11.0 Å². The minimum atomic E-state index is -0.451. The Kier molecular flexibility index (Phi) is 4.24. The summed E-state index contributed by atoms with van der Waals surface area (Å²) in [6, 6.07) is 19.2. The van der Waals surface area contributed by atoms with Crippen molar-refractivity contribution < 1.29 is 4.79 Å². The van der Waals surface area contributed by atoms with Gasteiger partial charge in [-0.25, -0.2) is 0 Å². The highest BCUT2D eigenvalue weighted by Crippen LogP contribution is 2.25. The van der Waals surface area contributed by atoms with Gasteiger partial charge in [-0.1, -0.05) is 72.3 Å². The highest BCUT2D eigenvalue weighted by molar-refractivity contribution is 5.96. The Bertz CT molecular complexity index is 759. The molecule has 6 heteroatoms. The molecule has 3 rings (SSSR count). The van der Waals surface area contributed by atoms with Crippen LogP contribution in [-0.4, -0.2) is 26.1 Å². The van der Waals surface area contributed by atoms with Crippen molar-refractivity contribution >= 4 is 18.1 Å². The molecule has 1 amide bonds. The second-order valence-corrected chi connectivity index (χ2v) is 4.86. The molecular formula is C17H15N5O. The van der Waals surface area contributed by atoms with Gasteiger partial charge in [0, 0.05) is 6.20 Å². The van der Waals surface area contributed by atoms with Gasteiger partial charge in [0.05, 0.1) is 5.92 Å². The molecule has 0 atom stereocenters. The number of amides is 1. The number of nitrogens with zero attached hydrogens (tertiary/aromatic N) is 4. The number of nitrogens with one attached hydrogen (secondary N) is 1. The van der Waals surface area contributed by atoms with Crippen LogP contribution in [0, 0.1) is 0 Å². The van der Waals surface area contributed by atoms with Crippen molar-refractivity contribution in [1.29, 1.82) is 0 Å². The van der Waals surface area contributed by atoms with Crippen molar-refractivity contribution in [2.24, 2.45) is 0 Å². The topological polar surface area (TPSA) is 72.7 Å². The lowest BCUT2D eigenvalue weighted by Gasteiger charge is -2.16. The van der Waals surface area contributed by atoms with Gasteiger partial charge in [0.1, 0.15) is 0 Å². The lowest BCUT2D eigenvalue weighted by Crippen LogP contribution is -2.23. The molecule has 0 unspecified atom stereocenters. The van der Waals surface area contributed by atoms with Crippen molar-refractivity contribution in [1.82, 2.24) is 20.2 Å². The quantitative estimate of drug-likeness (QED) is 0.786. The second-order valence-electron chi connectivity index (χ2n) is 4.86. The van der Waals surface area contributed by atoms with Crippen LogP contribution in [0.15, 0.2) is 67.2 Å². The Hall–Kier alpha value is -3.28. The smallest absolute Gasteiger partial charge is 0.270 e. The maximum absolute atomic E-state index is 12.8. The first-order chi connectivity index (χ1) is 11.3. The maximum atomic E-state index is 12.8. The average Bonchev–Trinajstić information content (AvgIpc) is 3.04. The van der Waals surface area contributed by atoms with Gasteiger partial charge in [-0.15, -0.1) is 9.90 Å². The molecule has 0 aliphatic rings. The van der Waals surface area contributed by atoms with Gasteiger partial charge >= 0.3 is 0 Å². The highest BCUT2D eigenvalue weighted by atomic mass is 16.2. The van der Waals surface area contributed by atoms with Crippen LogP contribution in [-0.2, 0) is 4.79 Å². The molecule has 0 spiro atoms. The first-order valence-electron chi connectivity index (χ1n) is 7.11. The molecule has 0 fully saturated rings. The van der Waals surface area contributed by atoms with Crippen LogP contribution in [0.5, 0.6) is 0 Å². The van der Waals surface area contributed by atoms with Crippen molar-refractivity contribution in [3.05, 3.63) is 78.4 Å². The summed E-state index contributed by atoms with van der Waals surface area (Å²) >= 11 is 0. The third kappa shape index (κ3) is 3.32. The fraction of sp³-hybridized carbons (Fsp3) is 0.0588. The van der Waals surface area contributed by atoms with E-state index in [1.807, 2.05) is 60.7 Å². The van der Waals surface area contributed by atoms with Gasteiger partial charge in [0.15, 0.2) is 0 Å². The summed E-state index contributed by atoms with van der Waals surface area (Å²) in [6.45, 7) is 3.54. The van der Waals surface area contributed by atoms with Crippen molar-refractivity contribution in [3.63, 3.8) is 0 Å². The Morgan fingerprint density at radius 2 is 1.61 bits per heavy atom. The number of aromatic nitrogens is 4. The molecule has 1 N–H and O–H groups in total. The molecule has 0 radical (unpaired) electrons. The van der Waals surface area contributed by atoms with Crippen molar-refractivity contribution in [3.8, 4) is 0 Å². The van der Waals surface area contributed by atoms with E-state index in [4.69, 9.17) is 0 Å². The molecule has 1 heterocycles. The standard InChI is InChI=1S/C17H15N5O/c1-2-22-20-17(19-21-22)18-16(23)15(13-9-5-3-6-10-13)14-11-7-4-8-12-14/h2-12,15H,1H2,(H,18,20,23). The summed E-state index contributed by atoms with van der Waals surface area (Å²) in [7, 11) is 0. The molecule has 23 heavy (non-hydrogen) atoms. The van der Waals surface area contributed by atoms with Crippen LogP contribution in [0.25, 0.3) is 6.20 Å².